The Labute approximate surface area is 172 Å². The molecule has 0 radical (unpaired) electrons. The Morgan fingerprint density at radius 1 is 1.20 bits per heavy atom. The quantitative estimate of drug-likeness (QED) is 0.506. The molecule has 0 bridgehead atoms. The molecule has 154 valence electrons. The molecule has 7 heteroatoms. The van der Waals surface area contributed by atoms with Crippen LogP contribution >= 0.6 is 0 Å². The first-order valence-electron chi connectivity index (χ1n) is 10.1. The van der Waals surface area contributed by atoms with E-state index in [1.165, 1.54) is 0 Å². The van der Waals surface area contributed by atoms with Crippen LogP contribution in [0.4, 0.5) is 0 Å². The fraction of sp³-hybridized carbons (Fsp3) is 0.348. The number of carbonyl (C=O) groups excluding carboxylic acids is 1. The molecular formula is C23H22N2O5. The molecule has 7 nitrogen and oxygen atoms in total. The number of fused-ring (bicyclic) bond motifs is 5. The second-order valence-electron chi connectivity index (χ2n) is 7.88. The van der Waals surface area contributed by atoms with E-state index in [1.54, 1.807) is 17.6 Å². The normalized spacial score (nSPS) is 19.4. The molecule has 0 fully saturated rings. The Balaban J connectivity index is 1.81. The number of cyclic esters (lactones) is 1. The molecule has 0 spiro atoms. The molecule has 2 aliphatic rings. The molecule has 0 amide bonds. The van der Waals surface area contributed by atoms with Crippen molar-refractivity contribution in [1.29, 1.82) is 0 Å². The molecule has 0 saturated carbocycles. The third-order valence-electron chi connectivity index (χ3n) is 6.41. The van der Waals surface area contributed by atoms with Crippen molar-refractivity contribution < 1.29 is 19.7 Å². The van der Waals surface area contributed by atoms with Gasteiger partial charge in [-0.2, -0.15) is 0 Å². The van der Waals surface area contributed by atoms with Gasteiger partial charge in [0.1, 0.15) is 6.61 Å². The van der Waals surface area contributed by atoms with Crippen molar-refractivity contribution in [2.75, 3.05) is 0 Å². The smallest absolute Gasteiger partial charge is 0.343 e. The van der Waals surface area contributed by atoms with E-state index in [1.807, 2.05) is 18.2 Å². The zero-order valence-electron chi connectivity index (χ0n) is 16.9. The molecule has 0 saturated heterocycles. The van der Waals surface area contributed by atoms with Gasteiger partial charge in [-0.1, -0.05) is 19.9 Å². The summed E-state index contributed by atoms with van der Waals surface area (Å²) in [6.45, 7) is 3.94. The lowest BCUT2D eigenvalue weighted by molar-refractivity contribution is -0.172. The number of aryl methyl sites for hydroxylation is 1. The van der Waals surface area contributed by atoms with Gasteiger partial charge in [-0.05, 0) is 42.2 Å². The fourth-order valence-corrected chi connectivity index (χ4v) is 4.71. The Hall–Kier alpha value is -3.03. The lowest BCUT2D eigenvalue weighted by atomic mass is 9.86. The second kappa shape index (κ2) is 6.48. The summed E-state index contributed by atoms with van der Waals surface area (Å²) in [6, 6.07) is 7.38. The van der Waals surface area contributed by atoms with E-state index in [-0.39, 0.29) is 25.2 Å². The van der Waals surface area contributed by atoms with Crippen molar-refractivity contribution in [1.82, 2.24) is 9.55 Å². The summed E-state index contributed by atoms with van der Waals surface area (Å²) in [5.74, 6) is -0.725. The number of aliphatic hydroxyl groups excluding tert-OH is 1. The lowest BCUT2D eigenvalue weighted by Gasteiger charge is -2.31. The van der Waals surface area contributed by atoms with E-state index in [0.717, 1.165) is 34.0 Å². The summed E-state index contributed by atoms with van der Waals surface area (Å²) in [5.41, 5.74) is 3.51. The van der Waals surface area contributed by atoms with Crippen LogP contribution in [-0.4, -0.2) is 25.7 Å². The van der Waals surface area contributed by atoms with E-state index in [0.29, 0.717) is 29.1 Å². The SMILES string of the molecule is CCc1c2c(nc3ccc(CO)cc13)-c1cc3c(c(=O)n1C2)COC(=O)[C@]3(O)CC. The van der Waals surface area contributed by atoms with E-state index in [4.69, 9.17) is 9.72 Å². The Bertz CT molecular complexity index is 1290. The van der Waals surface area contributed by atoms with Gasteiger partial charge in [0.2, 0.25) is 0 Å². The third-order valence-corrected chi connectivity index (χ3v) is 6.41. The number of nitrogens with zero attached hydrogens (tertiary/aromatic N) is 2. The van der Waals surface area contributed by atoms with Crippen molar-refractivity contribution in [3.8, 4) is 11.4 Å². The molecular weight excluding hydrogens is 384 g/mol. The van der Waals surface area contributed by atoms with Crippen LogP contribution in [0.15, 0.2) is 29.1 Å². The minimum atomic E-state index is -1.83. The van der Waals surface area contributed by atoms with Gasteiger partial charge in [0.05, 0.1) is 35.6 Å². The minimum Gasteiger partial charge on any atom is -0.458 e. The van der Waals surface area contributed by atoms with E-state index >= 15 is 0 Å². The number of hydrogen-bond donors (Lipinski definition) is 2. The largest absolute Gasteiger partial charge is 0.458 e. The summed E-state index contributed by atoms with van der Waals surface area (Å²) >= 11 is 0. The van der Waals surface area contributed by atoms with E-state index < -0.39 is 11.6 Å². The van der Waals surface area contributed by atoms with Crippen molar-refractivity contribution in [3.05, 3.63) is 62.4 Å². The van der Waals surface area contributed by atoms with Crippen LogP contribution in [0.1, 0.15) is 48.1 Å². The van der Waals surface area contributed by atoms with E-state index in [2.05, 4.69) is 6.92 Å². The highest BCUT2D eigenvalue weighted by atomic mass is 16.6. The zero-order chi connectivity index (χ0) is 21.2. The number of ether oxygens (including phenoxy) is 1. The zero-order valence-corrected chi connectivity index (χ0v) is 16.9. The van der Waals surface area contributed by atoms with Gasteiger partial charge >= 0.3 is 5.97 Å². The number of esters is 1. The topological polar surface area (TPSA) is 102 Å². The van der Waals surface area contributed by atoms with Gasteiger partial charge < -0.3 is 19.5 Å². The molecule has 1 atom stereocenters. The van der Waals surface area contributed by atoms with Crippen molar-refractivity contribution in [2.24, 2.45) is 0 Å². The first-order valence-corrected chi connectivity index (χ1v) is 10.1. The van der Waals surface area contributed by atoms with Crippen LogP contribution in [0, 0.1) is 0 Å². The molecule has 30 heavy (non-hydrogen) atoms. The summed E-state index contributed by atoms with van der Waals surface area (Å²) in [4.78, 5) is 30.4. The maximum atomic E-state index is 13.3. The van der Waals surface area contributed by atoms with Crippen LogP contribution in [0.3, 0.4) is 0 Å². The number of aliphatic hydroxyl groups is 2. The minimum absolute atomic E-state index is 0.0494. The Morgan fingerprint density at radius 2 is 2.00 bits per heavy atom. The van der Waals surface area contributed by atoms with Crippen LogP contribution in [0.2, 0.25) is 0 Å². The standard InChI is InChI=1S/C23H22N2O5/c1-3-13-14-7-12(10-26)5-6-18(14)24-20-15(13)9-25-19(20)8-17-16(21(25)27)11-30-22(28)23(17,29)4-2/h5-8,26,29H,3-4,9-11H2,1-2H3/t23-/m0/s1. The van der Waals surface area contributed by atoms with Gasteiger partial charge in [-0.25, -0.2) is 9.78 Å². The molecule has 5 rings (SSSR count). The van der Waals surface area contributed by atoms with E-state index in [9.17, 15) is 19.8 Å². The summed E-state index contributed by atoms with van der Waals surface area (Å²) < 4.78 is 6.77. The first-order chi connectivity index (χ1) is 14.4. The highest BCUT2D eigenvalue weighted by Crippen LogP contribution is 2.40. The second-order valence-corrected chi connectivity index (χ2v) is 7.88. The maximum Gasteiger partial charge on any atom is 0.343 e. The van der Waals surface area contributed by atoms with Crippen molar-refractivity contribution in [2.45, 2.75) is 52.0 Å². The molecule has 3 aromatic rings. The summed E-state index contributed by atoms with van der Waals surface area (Å²) in [7, 11) is 0. The molecule has 0 aliphatic carbocycles. The molecule has 2 aromatic heterocycles. The van der Waals surface area contributed by atoms with Crippen LogP contribution in [0.5, 0.6) is 0 Å². The number of pyridine rings is 2. The predicted octanol–water partition coefficient (Wildman–Crippen LogP) is 2.13. The average Bonchev–Trinajstić information content (AvgIpc) is 3.13. The molecule has 2 N–H and O–H groups in total. The fourth-order valence-electron chi connectivity index (χ4n) is 4.71. The monoisotopic (exact) mass is 406 g/mol. The maximum absolute atomic E-state index is 13.3. The van der Waals surface area contributed by atoms with Gasteiger partial charge in [0.15, 0.2) is 5.60 Å². The van der Waals surface area contributed by atoms with Crippen LogP contribution in [0.25, 0.3) is 22.3 Å². The molecule has 4 heterocycles. The highest BCUT2D eigenvalue weighted by Gasteiger charge is 2.45. The Morgan fingerprint density at radius 3 is 2.70 bits per heavy atom. The van der Waals surface area contributed by atoms with Gasteiger partial charge in [0.25, 0.3) is 5.56 Å². The number of carbonyl (C=O) groups is 1. The summed E-state index contributed by atoms with van der Waals surface area (Å²) in [5, 5.41) is 21.5. The molecule has 0 unspecified atom stereocenters. The van der Waals surface area contributed by atoms with Gasteiger partial charge in [0, 0.05) is 16.5 Å². The summed E-state index contributed by atoms with van der Waals surface area (Å²) in [6.07, 6.45) is 0.864. The van der Waals surface area contributed by atoms with Crippen LogP contribution < -0.4 is 5.56 Å². The number of benzene rings is 1. The predicted molar refractivity (Wildman–Crippen MR) is 110 cm³/mol. The first kappa shape index (κ1) is 19.0. The third kappa shape index (κ3) is 2.36. The Kier molecular flexibility index (Phi) is 4.10. The van der Waals surface area contributed by atoms with Crippen molar-refractivity contribution in [3.63, 3.8) is 0 Å². The number of rotatable bonds is 3. The highest BCUT2D eigenvalue weighted by molar-refractivity contribution is 5.89. The van der Waals surface area contributed by atoms with Crippen LogP contribution in [-0.2, 0) is 41.3 Å². The average molecular weight is 406 g/mol. The number of aromatic nitrogens is 2. The lowest BCUT2D eigenvalue weighted by Crippen LogP contribution is -2.44. The van der Waals surface area contributed by atoms with Crippen molar-refractivity contribution >= 4 is 16.9 Å². The molecule has 1 aromatic carbocycles. The van der Waals surface area contributed by atoms with Gasteiger partial charge in [-0.15, -0.1) is 0 Å². The number of hydrogen-bond acceptors (Lipinski definition) is 6. The molecule has 2 aliphatic heterocycles. The van der Waals surface area contributed by atoms with Gasteiger partial charge in [-0.3, -0.25) is 4.79 Å².